The Morgan fingerprint density at radius 2 is 1.92 bits per heavy atom. The summed E-state index contributed by atoms with van der Waals surface area (Å²) in [5.74, 6) is -0.159. The van der Waals surface area contributed by atoms with E-state index < -0.39 is 5.97 Å². The fourth-order valence-electron chi connectivity index (χ4n) is 2.38. The van der Waals surface area contributed by atoms with E-state index >= 15 is 0 Å². The zero-order valence-electron chi connectivity index (χ0n) is 14.2. The van der Waals surface area contributed by atoms with E-state index in [-0.39, 0.29) is 12.5 Å². The molecule has 1 aromatic carbocycles. The molecule has 0 saturated carbocycles. The summed E-state index contributed by atoms with van der Waals surface area (Å²) in [6.45, 7) is 0.0676. The van der Waals surface area contributed by atoms with Gasteiger partial charge in [0, 0.05) is 16.8 Å². The lowest BCUT2D eigenvalue weighted by Crippen LogP contribution is -2.34. The van der Waals surface area contributed by atoms with Crippen molar-refractivity contribution in [1.29, 1.82) is 0 Å². The van der Waals surface area contributed by atoms with Gasteiger partial charge in [-0.25, -0.2) is 4.79 Å². The Balaban J connectivity index is 1.73. The average Bonchev–Trinajstić information content (AvgIpc) is 3.38. The normalized spacial score (nSPS) is 10.3. The van der Waals surface area contributed by atoms with Gasteiger partial charge < -0.3 is 19.4 Å². The summed E-state index contributed by atoms with van der Waals surface area (Å²) < 4.78 is 10.3. The van der Waals surface area contributed by atoms with Crippen LogP contribution in [0.4, 0.5) is 5.69 Å². The molecule has 0 atom stereocenters. The Bertz CT molecular complexity index is 842. The molecule has 0 unspecified atom stereocenters. The van der Waals surface area contributed by atoms with Gasteiger partial charge in [-0.2, -0.15) is 0 Å². The molecule has 0 aliphatic carbocycles. The number of aromatic nitrogens is 1. The standard InChI is InChI=1S/C19H18N2O4S/c1-24-15-8-6-14(7-9-15)21(12-16-4-3-11-26-16)18(22)13-25-19(23)17-5-2-10-20-17/h2-11,20H,12-13H2,1H3. The summed E-state index contributed by atoms with van der Waals surface area (Å²) in [5, 5.41) is 1.96. The number of H-pyrrole nitrogens is 1. The van der Waals surface area contributed by atoms with Crippen LogP contribution in [0.2, 0.25) is 0 Å². The summed E-state index contributed by atoms with van der Waals surface area (Å²) in [6.07, 6.45) is 1.62. The molecule has 0 radical (unpaired) electrons. The molecule has 0 fully saturated rings. The lowest BCUT2D eigenvalue weighted by atomic mass is 10.2. The minimum absolute atomic E-state index is 0.302. The van der Waals surface area contributed by atoms with E-state index in [1.54, 1.807) is 65.9 Å². The zero-order chi connectivity index (χ0) is 18.4. The third-order valence-corrected chi connectivity index (χ3v) is 4.58. The number of amides is 1. The van der Waals surface area contributed by atoms with Crippen LogP contribution in [0.5, 0.6) is 5.75 Å². The van der Waals surface area contributed by atoms with Crippen LogP contribution < -0.4 is 9.64 Å². The summed E-state index contributed by atoms with van der Waals surface area (Å²) >= 11 is 1.56. The summed E-state index contributed by atoms with van der Waals surface area (Å²) in [4.78, 5) is 30.0. The quantitative estimate of drug-likeness (QED) is 0.647. The Morgan fingerprint density at radius 3 is 2.54 bits per heavy atom. The highest BCUT2D eigenvalue weighted by Gasteiger charge is 2.19. The van der Waals surface area contributed by atoms with Gasteiger partial charge >= 0.3 is 5.97 Å². The van der Waals surface area contributed by atoms with E-state index in [2.05, 4.69) is 4.98 Å². The molecule has 3 rings (SSSR count). The number of carbonyl (C=O) groups is 2. The van der Waals surface area contributed by atoms with Gasteiger partial charge in [0.15, 0.2) is 6.61 Å². The van der Waals surface area contributed by atoms with Crippen molar-refractivity contribution >= 4 is 28.9 Å². The van der Waals surface area contributed by atoms with Crippen LogP contribution in [0.25, 0.3) is 0 Å². The first-order chi connectivity index (χ1) is 12.7. The summed E-state index contributed by atoms with van der Waals surface area (Å²) in [6, 6.07) is 14.4. The van der Waals surface area contributed by atoms with Gasteiger partial charge in [-0.05, 0) is 47.8 Å². The van der Waals surface area contributed by atoms with Gasteiger partial charge in [0.05, 0.1) is 13.7 Å². The Kier molecular flexibility index (Phi) is 5.70. The Morgan fingerprint density at radius 1 is 1.12 bits per heavy atom. The van der Waals surface area contributed by atoms with E-state index in [1.165, 1.54) is 0 Å². The number of hydrogen-bond acceptors (Lipinski definition) is 5. The van der Waals surface area contributed by atoms with Crippen molar-refractivity contribution in [2.24, 2.45) is 0 Å². The molecule has 6 nitrogen and oxygen atoms in total. The molecule has 1 amide bonds. The number of rotatable bonds is 7. The van der Waals surface area contributed by atoms with Gasteiger partial charge in [-0.15, -0.1) is 11.3 Å². The molecule has 2 heterocycles. The minimum Gasteiger partial charge on any atom is -0.497 e. The number of ether oxygens (including phenoxy) is 2. The molecule has 134 valence electrons. The van der Waals surface area contributed by atoms with Crippen LogP contribution in [-0.4, -0.2) is 30.6 Å². The third-order valence-electron chi connectivity index (χ3n) is 3.72. The van der Waals surface area contributed by atoms with Gasteiger partial charge in [-0.3, -0.25) is 4.79 Å². The largest absolute Gasteiger partial charge is 0.497 e. The highest BCUT2D eigenvalue weighted by atomic mass is 32.1. The fourth-order valence-corrected chi connectivity index (χ4v) is 3.08. The van der Waals surface area contributed by atoms with Crippen molar-refractivity contribution in [3.05, 3.63) is 70.7 Å². The van der Waals surface area contributed by atoms with Crippen molar-refractivity contribution in [3.63, 3.8) is 0 Å². The molecule has 0 spiro atoms. The first-order valence-electron chi connectivity index (χ1n) is 7.94. The number of nitrogens with one attached hydrogen (secondary N) is 1. The van der Waals surface area contributed by atoms with E-state index in [4.69, 9.17) is 9.47 Å². The lowest BCUT2D eigenvalue weighted by Gasteiger charge is -2.22. The Labute approximate surface area is 155 Å². The molecular weight excluding hydrogens is 352 g/mol. The number of carbonyl (C=O) groups excluding carboxylic acids is 2. The van der Waals surface area contributed by atoms with E-state index in [0.29, 0.717) is 23.7 Å². The van der Waals surface area contributed by atoms with Gasteiger partial charge in [0.1, 0.15) is 11.4 Å². The highest BCUT2D eigenvalue weighted by Crippen LogP contribution is 2.23. The number of esters is 1. The average molecular weight is 370 g/mol. The number of thiophene rings is 1. The van der Waals surface area contributed by atoms with Crippen molar-refractivity contribution < 1.29 is 19.1 Å². The lowest BCUT2D eigenvalue weighted by molar-refractivity contribution is -0.121. The molecule has 3 aromatic rings. The number of aromatic amines is 1. The van der Waals surface area contributed by atoms with Crippen LogP contribution in [0.1, 0.15) is 15.4 Å². The van der Waals surface area contributed by atoms with Crippen LogP contribution in [0.15, 0.2) is 60.1 Å². The van der Waals surface area contributed by atoms with Crippen molar-refractivity contribution in [3.8, 4) is 5.75 Å². The van der Waals surface area contributed by atoms with Crippen LogP contribution in [0, 0.1) is 0 Å². The topological polar surface area (TPSA) is 71.6 Å². The molecule has 0 bridgehead atoms. The van der Waals surface area contributed by atoms with E-state index in [9.17, 15) is 9.59 Å². The maximum atomic E-state index is 12.7. The first-order valence-corrected chi connectivity index (χ1v) is 8.82. The number of anilines is 1. The summed E-state index contributed by atoms with van der Waals surface area (Å²) in [7, 11) is 1.59. The van der Waals surface area contributed by atoms with E-state index in [1.807, 2.05) is 17.5 Å². The second-order valence-electron chi connectivity index (χ2n) is 5.42. The fraction of sp³-hybridized carbons (Fsp3) is 0.158. The molecule has 7 heteroatoms. The summed E-state index contributed by atoms with van der Waals surface area (Å²) in [5.41, 5.74) is 1.02. The number of benzene rings is 1. The zero-order valence-corrected chi connectivity index (χ0v) is 15.0. The van der Waals surface area contributed by atoms with Crippen LogP contribution in [-0.2, 0) is 16.1 Å². The van der Waals surface area contributed by atoms with Gasteiger partial charge in [0.2, 0.25) is 0 Å². The molecular formula is C19H18N2O4S. The number of hydrogen-bond donors (Lipinski definition) is 1. The van der Waals surface area contributed by atoms with Crippen LogP contribution >= 0.6 is 11.3 Å². The third kappa shape index (κ3) is 4.31. The predicted octanol–water partition coefficient (Wildman–Crippen LogP) is 3.48. The molecule has 0 aliphatic heterocycles. The number of nitrogens with zero attached hydrogens (tertiary/aromatic N) is 1. The highest BCUT2D eigenvalue weighted by molar-refractivity contribution is 7.09. The second kappa shape index (κ2) is 8.35. The monoisotopic (exact) mass is 370 g/mol. The van der Waals surface area contributed by atoms with E-state index in [0.717, 1.165) is 4.88 Å². The second-order valence-corrected chi connectivity index (χ2v) is 6.45. The molecule has 2 aromatic heterocycles. The number of methoxy groups -OCH3 is 1. The molecule has 0 saturated heterocycles. The van der Waals surface area contributed by atoms with Gasteiger partial charge in [-0.1, -0.05) is 6.07 Å². The van der Waals surface area contributed by atoms with Crippen molar-refractivity contribution in [1.82, 2.24) is 4.98 Å². The SMILES string of the molecule is COc1ccc(N(Cc2cccs2)C(=O)COC(=O)c2ccc[nH]2)cc1. The Hall–Kier alpha value is -3.06. The minimum atomic E-state index is -0.561. The van der Waals surface area contributed by atoms with Crippen molar-refractivity contribution in [2.75, 3.05) is 18.6 Å². The van der Waals surface area contributed by atoms with Gasteiger partial charge in [0.25, 0.3) is 5.91 Å². The first kappa shape index (κ1) is 17.8. The molecule has 1 N–H and O–H groups in total. The predicted molar refractivity (Wildman–Crippen MR) is 99.6 cm³/mol. The maximum Gasteiger partial charge on any atom is 0.355 e. The van der Waals surface area contributed by atoms with Crippen LogP contribution in [0.3, 0.4) is 0 Å². The smallest absolute Gasteiger partial charge is 0.355 e. The molecule has 26 heavy (non-hydrogen) atoms. The van der Waals surface area contributed by atoms with Crippen molar-refractivity contribution in [2.45, 2.75) is 6.54 Å². The molecule has 0 aliphatic rings. The maximum absolute atomic E-state index is 12.7.